The Morgan fingerprint density at radius 2 is 2.04 bits per heavy atom. The highest BCUT2D eigenvalue weighted by Gasteiger charge is 2.20. The molecule has 6 heteroatoms. The van der Waals surface area contributed by atoms with Crippen LogP contribution in [0.4, 0.5) is 0 Å². The normalized spacial score (nSPS) is 17.2. The zero-order valence-electron chi connectivity index (χ0n) is 13.8. The SMILES string of the molecule is O=c1c2ccccc2nc(SCc2ccncc2)n1C[C@@H]1CCCO1. The van der Waals surface area contributed by atoms with Crippen molar-refractivity contribution < 1.29 is 4.74 Å². The van der Waals surface area contributed by atoms with Crippen LogP contribution in [0.25, 0.3) is 10.9 Å². The van der Waals surface area contributed by atoms with Gasteiger partial charge in [0.25, 0.3) is 5.56 Å². The molecule has 1 atom stereocenters. The Labute approximate surface area is 150 Å². The first-order chi connectivity index (χ1) is 12.3. The molecule has 0 aliphatic carbocycles. The van der Waals surface area contributed by atoms with Gasteiger partial charge in [-0.05, 0) is 42.7 Å². The lowest BCUT2D eigenvalue weighted by Crippen LogP contribution is -2.28. The van der Waals surface area contributed by atoms with E-state index in [1.807, 2.05) is 36.4 Å². The fraction of sp³-hybridized carbons (Fsp3) is 0.316. The molecule has 1 aliphatic heterocycles. The number of hydrogen-bond acceptors (Lipinski definition) is 5. The molecule has 0 N–H and O–H groups in total. The predicted octanol–water partition coefficient (Wildman–Crippen LogP) is 3.26. The van der Waals surface area contributed by atoms with Crippen molar-refractivity contribution in [2.24, 2.45) is 0 Å². The lowest BCUT2D eigenvalue weighted by Gasteiger charge is -2.16. The molecule has 0 unspecified atom stereocenters. The number of aromatic nitrogens is 3. The highest BCUT2D eigenvalue weighted by molar-refractivity contribution is 7.98. The topological polar surface area (TPSA) is 57.0 Å². The molecule has 128 valence electrons. The number of pyridine rings is 1. The first-order valence-electron chi connectivity index (χ1n) is 8.44. The average molecular weight is 353 g/mol. The zero-order chi connectivity index (χ0) is 17.1. The highest BCUT2D eigenvalue weighted by Crippen LogP contribution is 2.23. The van der Waals surface area contributed by atoms with Gasteiger partial charge in [-0.2, -0.15) is 0 Å². The third-order valence-electron chi connectivity index (χ3n) is 4.35. The summed E-state index contributed by atoms with van der Waals surface area (Å²) in [5.41, 5.74) is 1.91. The summed E-state index contributed by atoms with van der Waals surface area (Å²) < 4.78 is 7.52. The summed E-state index contributed by atoms with van der Waals surface area (Å²) in [5.74, 6) is 0.749. The van der Waals surface area contributed by atoms with Crippen molar-refractivity contribution in [3.63, 3.8) is 0 Å². The molecular weight excluding hydrogens is 334 g/mol. The number of para-hydroxylation sites is 1. The van der Waals surface area contributed by atoms with E-state index in [1.54, 1.807) is 28.7 Å². The molecule has 0 amide bonds. The van der Waals surface area contributed by atoms with Crippen LogP contribution in [0.1, 0.15) is 18.4 Å². The molecule has 1 saturated heterocycles. The summed E-state index contributed by atoms with van der Waals surface area (Å²) in [6.07, 6.45) is 5.71. The molecule has 1 fully saturated rings. The van der Waals surface area contributed by atoms with Gasteiger partial charge < -0.3 is 4.74 Å². The van der Waals surface area contributed by atoms with Crippen LogP contribution >= 0.6 is 11.8 Å². The maximum absolute atomic E-state index is 13.0. The summed E-state index contributed by atoms with van der Waals surface area (Å²) in [6.45, 7) is 1.34. The van der Waals surface area contributed by atoms with E-state index >= 15 is 0 Å². The van der Waals surface area contributed by atoms with Crippen molar-refractivity contribution in [2.45, 2.75) is 36.4 Å². The van der Waals surface area contributed by atoms with Crippen LogP contribution < -0.4 is 5.56 Å². The molecule has 0 spiro atoms. The van der Waals surface area contributed by atoms with Gasteiger partial charge in [0, 0.05) is 24.8 Å². The fourth-order valence-corrected chi connectivity index (χ4v) is 4.00. The lowest BCUT2D eigenvalue weighted by atomic mass is 10.2. The Morgan fingerprint density at radius 3 is 2.84 bits per heavy atom. The van der Waals surface area contributed by atoms with Crippen molar-refractivity contribution >= 4 is 22.7 Å². The van der Waals surface area contributed by atoms with Crippen molar-refractivity contribution in [3.8, 4) is 0 Å². The summed E-state index contributed by atoms with van der Waals surface area (Å²) in [6, 6.07) is 11.5. The van der Waals surface area contributed by atoms with Gasteiger partial charge in [-0.25, -0.2) is 4.98 Å². The number of fused-ring (bicyclic) bond motifs is 1. The van der Waals surface area contributed by atoms with E-state index in [0.29, 0.717) is 11.9 Å². The van der Waals surface area contributed by atoms with Gasteiger partial charge in [-0.3, -0.25) is 14.3 Å². The van der Waals surface area contributed by atoms with Crippen LogP contribution in [0.15, 0.2) is 58.7 Å². The van der Waals surface area contributed by atoms with E-state index in [-0.39, 0.29) is 11.7 Å². The molecule has 5 nitrogen and oxygen atoms in total. The Kier molecular flexibility index (Phi) is 4.81. The first kappa shape index (κ1) is 16.3. The summed E-state index contributed by atoms with van der Waals surface area (Å²) >= 11 is 1.58. The van der Waals surface area contributed by atoms with E-state index in [9.17, 15) is 4.79 Å². The van der Waals surface area contributed by atoms with Crippen LogP contribution in [0.3, 0.4) is 0 Å². The van der Waals surface area contributed by atoms with E-state index < -0.39 is 0 Å². The minimum atomic E-state index is 0.0123. The molecule has 25 heavy (non-hydrogen) atoms. The van der Waals surface area contributed by atoms with E-state index in [2.05, 4.69) is 4.98 Å². The van der Waals surface area contributed by atoms with Crippen molar-refractivity contribution in [3.05, 3.63) is 64.7 Å². The monoisotopic (exact) mass is 353 g/mol. The molecule has 3 aromatic rings. The second-order valence-corrected chi connectivity index (χ2v) is 7.05. The number of hydrogen-bond donors (Lipinski definition) is 0. The highest BCUT2D eigenvalue weighted by atomic mass is 32.2. The maximum atomic E-state index is 13.0. The summed E-state index contributed by atoms with van der Waals surface area (Å²) in [4.78, 5) is 21.8. The Bertz CT molecular complexity index is 921. The van der Waals surface area contributed by atoms with Crippen molar-refractivity contribution in [1.82, 2.24) is 14.5 Å². The number of rotatable bonds is 5. The second-order valence-electron chi connectivity index (χ2n) is 6.11. The van der Waals surface area contributed by atoms with Crippen molar-refractivity contribution in [2.75, 3.05) is 6.61 Å². The van der Waals surface area contributed by atoms with Crippen LogP contribution in [0.2, 0.25) is 0 Å². The van der Waals surface area contributed by atoms with E-state index in [0.717, 1.165) is 41.4 Å². The van der Waals surface area contributed by atoms with Gasteiger partial charge in [0.1, 0.15) is 0 Å². The third-order valence-corrected chi connectivity index (χ3v) is 5.40. The van der Waals surface area contributed by atoms with Crippen LogP contribution in [-0.2, 0) is 17.0 Å². The number of thioether (sulfide) groups is 1. The van der Waals surface area contributed by atoms with Crippen LogP contribution in [0, 0.1) is 0 Å². The van der Waals surface area contributed by atoms with E-state index in [1.165, 1.54) is 0 Å². The van der Waals surface area contributed by atoms with Crippen molar-refractivity contribution in [1.29, 1.82) is 0 Å². The minimum Gasteiger partial charge on any atom is -0.376 e. The maximum Gasteiger partial charge on any atom is 0.262 e. The van der Waals surface area contributed by atoms with Crippen LogP contribution in [0.5, 0.6) is 0 Å². The molecule has 4 rings (SSSR count). The molecule has 1 aromatic carbocycles. The van der Waals surface area contributed by atoms with Gasteiger partial charge in [0.2, 0.25) is 0 Å². The van der Waals surface area contributed by atoms with Gasteiger partial charge in [-0.1, -0.05) is 23.9 Å². The predicted molar refractivity (Wildman–Crippen MR) is 98.8 cm³/mol. The fourth-order valence-electron chi connectivity index (χ4n) is 3.04. The zero-order valence-corrected chi connectivity index (χ0v) is 14.6. The summed E-state index contributed by atoms with van der Waals surface area (Å²) in [7, 11) is 0. The largest absolute Gasteiger partial charge is 0.376 e. The van der Waals surface area contributed by atoms with Gasteiger partial charge in [0.05, 0.1) is 23.6 Å². The number of benzene rings is 1. The molecule has 3 heterocycles. The Balaban J connectivity index is 1.70. The minimum absolute atomic E-state index is 0.0123. The molecule has 0 radical (unpaired) electrons. The molecule has 0 bridgehead atoms. The molecular formula is C19H19N3O2S. The first-order valence-corrected chi connectivity index (χ1v) is 9.43. The quantitative estimate of drug-likeness (QED) is 0.520. The van der Waals surface area contributed by atoms with Gasteiger partial charge in [-0.15, -0.1) is 0 Å². The number of ether oxygens (including phenoxy) is 1. The molecule has 2 aromatic heterocycles. The molecule has 0 saturated carbocycles. The Morgan fingerprint density at radius 1 is 1.20 bits per heavy atom. The Hall–Kier alpha value is -2.18. The third kappa shape index (κ3) is 3.60. The van der Waals surface area contributed by atoms with Gasteiger partial charge >= 0.3 is 0 Å². The van der Waals surface area contributed by atoms with Gasteiger partial charge in [0.15, 0.2) is 5.16 Å². The smallest absolute Gasteiger partial charge is 0.262 e. The summed E-state index contributed by atoms with van der Waals surface area (Å²) in [5, 5.41) is 1.41. The van der Waals surface area contributed by atoms with Crippen LogP contribution in [-0.4, -0.2) is 27.2 Å². The molecule has 1 aliphatic rings. The lowest BCUT2D eigenvalue weighted by molar-refractivity contribution is 0.0937. The average Bonchev–Trinajstić information content (AvgIpc) is 3.17. The second kappa shape index (κ2) is 7.37. The van der Waals surface area contributed by atoms with E-state index in [4.69, 9.17) is 9.72 Å². The number of nitrogens with zero attached hydrogens (tertiary/aromatic N) is 3. The standard InChI is InChI=1S/C19H19N3O2S/c23-18-16-5-1-2-6-17(16)21-19(22(18)12-15-4-3-11-24-15)25-13-14-7-9-20-10-8-14/h1-2,5-10,15H,3-4,11-13H2/t15-/m0/s1.